The third kappa shape index (κ3) is 4.73. The second-order valence-electron chi connectivity index (χ2n) is 8.99. The molecule has 2 aromatic carbocycles. The second kappa shape index (κ2) is 10.1. The Morgan fingerprint density at radius 1 is 1.21 bits per heavy atom. The van der Waals surface area contributed by atoms with E-state index in [9.17, 15) is 13.9 Å². The van der Waals surface area contributed by atoms with Crippen molar-refractivity contribution in [2.45, 2.75) is 30.7 Å². The lowest BCUT2D eigenvalue weighted by Gasteiger charge is -2.39. The molecule has 0 saturated carbocycles. The molecule has 34 heavy (non-hydrogen) atoms. The van der Waals surface area contributed by atoms with E-state index in [2.05, 4.69) is 35.8 Å². The van der Waals surface area contributed by atoms with Crippen LogP contribution in [-0.4, -0.2) is 64.1 Å². The van der Waals surface area contributed by atoms with Gasteiger partial charge >= 0.3 is 0 Å². The number of benzene rings is 2. The molecule has 2 atom stereocenters. The van der Waals surface area contributed by atoms with Crippen LogP contribution in [0.15, 0.2) is 41.4 Å². The van der Waals surface area contributed by atoms with Gasteiger partial charge in [0.05, 0.1) is 23.3 Å². The summed E-state index contributed by atoms with van der Waals surface area (Å²) in [6.45, 7) is 3.85. The molecule has 0 radical (unpaired) electrons. The van der Waals surface area contributed by atoms with Crippen LogP contribution in [0.1, 0.15) is 19.8 Å². The van der Waals surface area contributed by atoms with Crippen molar-refractivity contribution in [3.63, 3.8) is 0 Å². The van der Waals surface area contributed by atoms with E-state index in [1.807, 2.05) is 18.2 Å². The first kappa shape index (κ1) is 24.7. The number of phenols is 1. The van der Waals surface area contributed by atoms with Crippen LogP contribution in [0.25, 0.3) is 22.0 Å². The maximum Gasteiger partial charge on any atom is 0.190 e. The lowest BCUT2D eigenvalue weighted by Crippen LogP contribution is -2.41. The smallest absolute Gasteiger partial charge is 0.190 e. The van der Waals surface area contributed by atoms with Gasteiger partial charge in [0.25, 0.3) is 0 Å². The molecular weight excluding hydrogens is 474 g/mol. The fraction of sp³-hybridized carbons (Fsp3) is 0.400. The maximum atomic E-state index is 12.3. The van der Waals surface area contributed by atoms with Crippen molar-refractivity contribution >= 4 is 39.3 Å². The number of aromatic hydroxyl groups is 1. The zero-order valence-corrected chi connectivity index (χ0v) is 21.4. The fourth-order valence-electron chi connectivity index (χ4n) is 4.72. The molecule has 2 unspecified atom stereocenters. The third-order valence-corrected chi connectivity index (χ3v) is 7.89. The number of ether oxygens (including phenoxy) is 1. The average Bonchev–Trinajstić information content (AvgIpc) is 2.84. The molecule has 0 amide bonds. The molecule has 0 spiro atoms. The van der Waals surface area contributed by atoms with Gasteiger partial charge in [0.2, 0.25) is 0 Å². The molecule has 1 aliphatic rings. The second-order valence-corrected chi connectivity index (χ2v) is 10.3. The Hall–Kier alpha value is -2.39. The Morgan fingerprint density at radius 2 is 1.91 bits per heavy atom. The number of hydrogen-bond donors (Lipinski definition) is 2. The molecule has 1 aliphatic heterocycles. The molecule has 0 bridgehead atoms. The topological polar surface area (TPSA) is 86.1 Å². The Morgan fingerprint density at radius 3 is 2.53 bits per heavy atom. The van der Waals surface area contributed by atoms with E-state index in [-0.39, 0.29) is 16.5 Å². The van der Waals surface area contributed by atoms with Crippen LogP contribution in [0.2, 0.25) is 5.02 Å². The standard InChI is InChI=1S/C25H30ClN3O4S/c1-15(28(2)3)16-7-9-29(10-8-16)24-19-11-17(5-6-21(19)27-14-23(24)34(31)32)18-12-20(26)25(30)22(13-18)33-4/h5-6,11-16,30H,7-10H2,1-4H3,(H,31,32). The average molecular weight is 504 g/mol. The van der Waals surface area contributed by atoms with Crippen LogP contribution in [0.4, 0.5) is 5.69 Å². The number of anilines is 1. The lowest BCUT2D eigenvalue weighted by molar-refractivity contribution is 0.199. The molecule has 0 aliphatic carbocycles. The van der Waals surface area contributed by atoms with Gasteiger partial charge in [-0.15, -0.1) is 0 Å². The Balaban J connectivity index is 1.79. The molecule has 2 heterocycles. The lowest BCUT2D eigenvalue weighted by atomic mass is 9.89. The molecule has 3 aromatic rings. The summed E-state index contributed by atoms with van der Waals surface area (Å²) in [5, 5.41) is 11.1. The summed E-state index contributed by atoms with van der Waals surface area (Å²) in [6, 6.07) is 9.65. The van der Waals surface area contributed by atoms with Crippen molar-refractivity contribution in [1.82, 2.24) is 9.88 Å². The summed E-state index contributed by atoms with van der Waals surface area (Å²) < 4.78 is 27.6. The number of phenolic OH excluding ortho intramolecular Hbond substituents is 1. The Labute approximate surface area is 207 Å². The number of methoxy groups -OCH3 is 1. The van der Waals surface area contributed by atoms with E-state index < -0.39 is 11.1 Å². The highest BCUT2D eigenvalue weighted by molar-refractivity contribution is 7.79. The summed E-state index contributed by atoms with van der Waals surface area (Å²) in [5.41, 5.74) is 3.10. The van der Waals surface area contributed by atoms with Crippen LogP contribution in [-0.2, 0) is 11.1 Å². The minimum atomic E-state index is -2.17. The molecule has 4 rings (SSSR count). The van der Waals surface area contributed by atoms with Crippen molar-refractivity contribution < 1.29 is 18.6 Å². The van der Waals surface area contributed by atoms with E-state index in [1.165, 1.54) is 13.3 Å². The molecule has 9 heteroatoms. The number of halogens is 1. The first-order valence-electron chi connectivity index (χ1n) is 11.2. The van der Waals surface area contributed by atoms with E-state index >= 15 is 0 Å². The highest BCUT2D eigenvalue weighted by Crippen LogP contribution is 2.41. The summed E-state index contributed by atoms with van der Waals surface area (Å²) >= 11 is 4.05. The molecule has 182 valence electrons. The summed E-state index contributed by atoms with van der Waals surface area (Å²) in [7, 11) is 5.68. The number of hydrogen-bond acceptors (Lipinski definition) is 6. The minimum absolute atomic E-state index is 0.108. The molecule has 1 aromatic heterocycles. The summed E-state index contributed by atoms with van der Waals surface area (Å²) in [6.07, 6.45) is 3.51. The molecular formula is C25H30ClN3O4S. The highest BCUT2D eigenvalue weighted by Gasteiger charge is 2.28. The zero-order valence-electron chi connectivity index (χ0n) is 19.8. The van der Waals surface area contributed by atoms with Crippen molar-refractivity contribution in [3.05, 3.63) is 41.6 Å². The monoisotopic (exact) mass is 503 g/mol. The van der Waals surface area contributed by atoms with Crippen LogP contribution in [0.3, 0.4) is 0 Å². The van der Waals surface area contributed by atoms with Gasteiger partial charge in [0.1, 0.15) is 4.90 Å². The van der Waals surface area contributed by atoms with Gasteiger partial charge < -0.3 is 24.2 Å². The fourth-order valence-corrected chi connectivity index (χ4v) is 5.48. The highest BCUT2D eigenvalue weighted by atomic mass is 35.5. The van der Waals surface area contributed by atoms with Crippen LogP contribution in [0.5, 0.6) is 11.5 Å². The molecule has 2 N–H and O–H groups in total. The molecule has 1 fully saturated rings. The van der Waals surface area contributed by atoms with Gasteiger partial charge in [-0.25, -0.2) is 4.21 Å². The van der Waals surface area contributed by atoms with Gasteiger partial charge in [-0.3, -0.25) is 4.98 Å². The molecule has 1 saturated heterocycles. The Kier molecular flexibility index (Phi) is 7.33. The van der Waals surface area contributed by atoms with Crippen LogP contribution < -0.4 is 9.64 Å². The zero-order chi connectivity index (χ0) is 24.6. The van der Waals surface area contributed by atoms with Crippen LogP contribution in [0, 0.1) is 5.92 Å². The van der Waals surface area contributed by atoms with E-state index in [4.69, 9.17) is 16.3 Å². The largest absolute Gasteiger partial charge is 0.503 e. The SMILES string of the molecule is COc1cc(-c2ccc3ncc(S(=O)O)c(N4CCC(C(C)N(C)C)CC4)c3c2)cc(Cl)c1O. The van der Waals surface area contributed by atoms with E-state index in [0.717, 1.165) is 53.6 Å². The first-order valence-corrected chi connectivity index (χ1v) is 12.7. The van der Waals surface area contributed by atoms with Crippen molar-refractivity contribution in [2.75, 3.05) is 39.2 Å². The van der Waals surface area contributed by atoms with Crippen molar-refractivity contribution in [3.8, 4) is 22.6 Å². The van der Waals surface area contributed by atoms with Crippen molar-refractivity contribution in [1.29, 1.82) is 0 Å². The van der Waals surface area contributed by atoms with Gasteiger partial charge in [0, 0.05) is 30.7 Å². The summed E-state index contributed by atoms with van der Waals surface area (Å²) in [5.74, 6) is 0.747. The minimum Gasteiger partial charge on any atom is -0.503 e. The van der Waals surface area contributed by atoms with E-state index in [0.29, 0.717) is 16.9 Å². The third-order valence-electron chi connectivity index (χ3n) is 6.93. The number of rotatable bonds is 6. The Bertz CT molecular complexity index is 1230. The number of nitrogens with zero attached hydrogens (tertiary/aromatic N) is 3. The number of piperidine rings is 1. The number of pyridine rings is 1. The van der Waals surface area contributed by atoms with E-state index in [1.54, 1.807) is 12.1 Å². The normalized spacial score (nSPS) is 16.7. The van der Waals surface area contributed by atoms with Crippen LogP contribution >= 0.6 is 11.6 Å². The first-order chi connectivity index (χ1) is 16.2. The van der Waals surface area contributed by atoms with Gasteiger partial charge in [-0.2, -0.15) is 0 Å². The number of aromatic nitrogens is 1. The predicted molar refractivity (Wildman–Crippen MR) is 138 cm³/mol. The summed E-state index contributed by atoms with van der Waals surface area (Å²) in [4.78, 5) is 9.22. The van der Waals surface area contributed by atoms with Gasteiger partial charge in [0.15, 0.2) is 22.6 Å². The predicted octanol–water partition coefficient (Wildman–Crippen LogP) is 5.02. The molecule has 7 nitrogen and oxygen atoms in total. The van der Waals surface area contributed by atoms with Gasteiger partial charge in [-0.1, -0.05) is 17.7 Å². The van der Waals surface area contributed by atoms with Crippen molar-refractivity contribution in [2.24, 2.45) is 5.92 Å². The quantitative estimate of drug-likeness (QED) is 0.457. The number of fused-ring (bicyclic) bond motifs is 1. The maximum absolute atomic E-state index is 12.3. The van der Waals surface area contributed by atoms with Gasteiger partial charge in [-0.05, 0) is 75.2 Å².